The summed E-state index contributed by atoms with van der Waals surface area (Å²) in [5.41, 5.74) is 0. The van der Waals surface area contributed by atoms with Gasteiger partial charge in [0.1, 0.15) is 0 Å². The summed E-state index contributed by atoms with van der Waals surface area (Å²) in [5.74, 6) is 0. The Morgan fingerprint density at radius 2 is 1.08 bits per heavy atom. The normalized spacial score (nSPS) is 9.17. The molecule has 0 saturated heterocycles. The first-order chi connectivity index (χ1) is 5.54. The molecule has 2 heteroatoms. The fourth-order valence-corrected chi connectivity index (χ4v) is 0.400. The zero-order valence-corrected chi connectivity index (χ0v) is 8.88. The molecule has 72 valence electrons. The van der Waals surface area contributed by atoms with Gasteiger partial charge < -0.3 is 9.80 Å². The maximum absolute atomic E-state index is 3.36. The van der Waals surface area contributed by atoms with Crippen LogP contribution >= 0.6 is 0 Å². The van der Waals surface area contributed by atoms with E-state index in [1.165, 1.54) is 0 Å². The van der Waals surface area contributed by atoms with Gasteiger partial charge in [-0.2, -0.15) is 0 Å². The predicted molar refractivity (Wildman–Crippen MR) is 57.5 cm³/mol. The van der Waals surface area contributed by atoms with Crippen LogP contribution in [-0.4, -0.2) is 51.1 Å². The second-order valence-electron chi connectivity index (χ2n) is 3.08. The van der Waals surface area contributed by atoms with Gasteiger partial charge in [-0.3, -0.25) is 0 Å². The largest absolute Gasteiger partial charge is 0.308 e. The molecular formula is C10H22N2. The summed E-state index contributed by atoms with van der Waals surface area (Å²) in [6.07, 6.45) is 3.28. The van der Waals surface area contributed by atoms with E-state index in [0.29, 0.717) is 0 Å². The van der Waals surface area contributed by atoms with Crippen LogP contribution in [0.2, 0.25) is 0 Å². The maximum Gasteiger partial charge on any atom is 0.0103 e. The van der Waals surface area contributed by atoms with Crippen LogP contribution in [0.4, 0.5) is 0 Å². The van der Waals surface area contributed by atoms with Crippen molar-refractivity contribution in [3.05, 3.63) is 25.3 Å². The molecule has 0 fully saturated rings. The number of rotatable bonds is 4. The van der Waals surface area contributed by atoms with E-state index in [2.05, 4.69) is 51.1 Å². The van der Waals surface area contributed by atoms with Crippen molar-refractivity contribution in [2.45, 2.75) is 0 Å². The molecule has 0 spiro atoms. The molecule has 0 saturated carbocycles. The van der Waals surface area contributed by atoms with Gasteiger partial charge in [-0.15, -0.1) is 0 Å². The Morgan fingerprint density at radius 3 is 1.17 bits per heavy atom. The average molecular weight is 170 g/mol. The van der Waals surface area contributed by atoms with Crippen molar-refractivity contribution in [3.8, 4) is 0 Å². The highest BCUT2D eigenvalue weighted by molar-refractivity contribution is 4.88. The fraction of sp³-hybridized carbons (Fsp3) is 0.600. The topological polar surface area (TPSA) is 6.48 Å². The third kappa shape index (κ3) is 22.7. The van der Waals surface area contributed by atoms with E-state index < -0.39 is 0 Å². The zero-order valence-electron chi connectivity index (χ0n) is 8.88. The van der Waals surface area contributed by atoms with Crippen molar-refractivity contribution in [1.29, 1.82) is 0 Å². The summed E-state index contributed by atoms with van der Waals surface area (Å²) in [4.78, 5) is 4.36. The summed E-state index contributed by atoms with van der Waals surface area (Å²) in [6, 6.07) is 0. The number of nitrogens with zero attached hydrogens (tertiary/aromatic N) is 2. The van der Waals surface area contributed by atoms with Gasteiger partial charge in [0, 0.05) is 13.1 Å². The van der Waals surface area contributed by atoms with Gasteiger partial charge in [0.25, 0.3) is 0 Å². The molecule has 2 nitrogen and oxygen atoms in total. The molecule has 0 atom stereocenters. The lowest BCUT2D eigenvalue weighted by molar-refractivity contribution is 0.320. The minimum Gasteiger partial charge on any atom is -0.308 e. The fourth-order valence-electron chi connectivity index (χ4n) is 0.400. The predicted octanol–water partition coefficient (Wildman–Crippen LogP) is 1.47. The third-order valence-electron chi connectivity index (χ3n) is 1.16. The SMILES string of the molecule is C=CC=C.CN(C)CCN(C)C. The lowest BCUT2D eigenvalue weighted by atomic mass is 10.5. The van der Waals surface area contributed by atoms with Crippen molar-refractivity contribution in [2.24, 2.45) is 0 Å². The van der Waals surface area contributed by atoms with Crippen LogP contribution in [0.1, 0.15) is 0 Å². The highest BCUT2D eigenvalue weighted by Gasteiger charge is 1.89. The van der Waals surface area contributed by atoms with Crippen molar-refractivity contribution in [2.75, 3.05) is 41.3 Å². The average Bonchev–Trinajstić information content (AvgIpc) is 2.01. The first-order valence-electron chi connectivity index (χ1n) is 4.07. The highest BCUT2D eigenvalue weighted by atomic mass is 15.1. The highest BCUT2D eigenvalue weighted by Crippen LogP contribution is 1.76. The Bertz CT molecular complexity index is 92.4. The summed E-state index contributed by atoms with van der Waals surface area (Å²) >= 11 is 0. The van der Waals surface area contributed by atoms with Gasteiger partial charge in [-0.1, -0.05) is 25.3 Å². The smallest absolute Gasteiger partial charge is 0.0103 e. The first-order valence-corrected chi connectivity index (χ1v) is 4.07. The van der Waals surface area contributed by atoms with Gasteiger partial charge in [-0.05, 0) is 28.2 Å². The number of hydrogen-bond acceptors (Lipinski definition) is 2. The molecule has 0 rings (SSSR count). The zero-order chi connectivity index (χ0) is 9.98. The van der Waals surface area contributed by atoms with Crippen molar-refractivity contribution >= 4 is 0 Å². The monoisotopic (exact) mass is 170 g/mol. The molecule has 0 radical (unpaired) electrons. The van der Waals surface area contributed by atoms with E-state index in [-0.39, 0.29) is 0 Å². The third-order valence-corrected chi connectivity index (χ3v) is 1.16. The van der Waals surface area contributed by atoms with Crippen LogP contribution in [0.3, 0.4) is 0 Å². The van der Waals surface area contributed by atoms with E-state index in [4.69, 9.17) is 0 Å². The van der Waals surface area contributed by atoms with Gasteiger partial charge in [0.05, 0.1) is 0 Å². The van der Waals surface area contributed by atoms with Crippen LogP contribution in [0.25, 0.3) is 0 Å². The summed E-state index contributed by atoms with van der Waals surface area (Å²) in [7, 11) is 8.35. The Labute approximate surface area is 77.2 Å². The molecule has 0 bridgehead atoms. The molecule has 12 heavy (non-hydrogen) atoms. The molecule has 0 aliphatic heterocycles. The second-order valence-corrected chi connectivity index (χ2v) is 3.08. The lowest BCUT2D eigenvalue weighted by Crippen LogP contribution is -2.25. The van der Waals surface area contributed by atoms with Crippen LogP contribution in [-0.2, 0) is 0 Å². The lowest BCUT2D eigenvalue weighted by Gasteiger charge is -2.13. The van der Waals surface area contributed by atoms with E-state index in [0.717, 1.165) is 13.1 Å². The van der Waals surface area contributed by atoms with E-state index in [9.17, 15) is 0 Å². The molecule has 0 aliphatic rings. The van der Waals surface area contributed by atoms with Gasteiger partial charge in [-0.25, -0.2) is 0 Å². The van der Waals surface area contributed by atoms with E-state index in [1.54, 1.807) is 12.2 Å². The number of hydrogen-bond donors (Lipinski definition) is 0. The van der Waals surface area contributed by atoms with Crippen LogP contribution < -0.4 is 0 Å². The standard InChI is InChI=1S/C6H16N2.C4H6/c1-7(2)5-6-8(3)4;1-3-4-2/h5-6H2,1-4H3;3-4H,1-2H2. The summed E-state index contributed by atoms with van der Waals surface area (Å²) < 4.78 is 0. The Morgan fingerprint density at radius 1 is 0.833 bits per heavy atom. The quantitative estimate of drug-likeness (QED) is 0.589. The molecular weight excluding hydrogens is 148 g/mol. The Hall–Kier alpha value is -0.600. The van der Waals surface area contributed by atoms with Gasteiger partial charge in [0.2, 0.25) is 0 Å². The molecule has 0 heterocycles. The number of allylic oxidation sites excluding steroid dienone is 2. The Kier molecular flexibility index (Phi) is 12.1. The molecule has 0 aromatic carbocycles. The molecule has 0 amide bonds. The van der Waals surface area contributed by atoms with Crippen LogP contribution in [0, 0.1) is 0 Å². The van der Waals surface area contributed by atoms with Gasteiger partial charge >= 0.3 is 0 Å². The molecule has 0 unspecified atom stereocenters. The molecule has 0 aromatic heterocycles. The minimum absolute atomic E-state index is 1.15. The van der Waals surface area contributed by atoms with Crippen molar-refractivity contribution < 1.29 is 0 Å². The summed E-state index contributed by atoms with van der Waals surface area (Å²) in [5, 5.41) is 0. The van der Waals surface area contributed by atoms with Gasteiger partial charge in [0.15, 0.2) is 0 Å². The van der Waals surface area contributed by atoms with Crippen molar-refractivity contribution in [1.82, 2.24) is 9.80 Å². The van der Waals surface area contributed by atoms with E-state index >= 15 is 0 Å². The second kappa shape index (κ2) is 10.4. The summed E-state index contributed by atoms with van der Waals surface area (Å²) in [6.45, 7) is 9.01. The van der Waals surface area contributed by atoms with Crippen LogP contribution in [0.15, 0.2) is 25.3 Å². The maximum atomic E-state index is 3.36. The van der Waals surface area contributed by atoms with Crippen LogP contribution in [0.5, 0.6) is 0 Å². The molecule has 0 N–H and O–H groups in total. The Balaban J connectivity index is 0. The minimum atomic E-state index is 1.15. The molecule has 0 aliphatic carbocycles. The number of likely N-dealkylation sites (N-methyl/N-ethyl adjacent to an activating group) is 2. The first kappa shape index (κ1) is 14.0. The molecule has 0 aromatic rings. The van der Waals surface area contributed by atoms with E-state index in [1.807, 2.05) is 0 Å². The van der Waals surface area contributed by atoms with Crippen molar-refractivity contribution in [3.63, 3.8) is 0 Å².